The Bertz CT molecular complexity index is 939. The van der Waals surface area contributed by atoms with Crippen LogP contribution in [0.4, 0.5) is 5.69 Å². The van der Waals surface area contributed by atoms with Gasteiger partial charge in [-0.2, -0.15) is 0 Å². The smallest absolute Gasteiger partial charge is 0.190 e. The lowest BCUT2D eigenvalue weighted by atomic mass is 10.2. The van der Waals surface area contributed by atoms with Crippen molar-refractivity contribution in [3.05, 3.63) is 35.9 Å². The number of nitrogens with two attached hydrogens (primary N) is 1. The van der Waals surface area contributed by atoms with Gasteiger partial charge in [0.1, 0.15) is 11.8 Å². The molecule has 0 aliphatic carbocycles. The summed E-state index contributed by atoms with van der Waals surface area (Å²) in [6, 6.07) is 5.26. The second kappa shape index (κ2) is 3.91. The van der Waals surface area contributed by atoms with Crippen molar-refractivity contribution >= 4 is 34.1 Å². The van der Waals surface area contributed by atoms with Gasteiger partial charge in [0.15, 0.2) is 17.1 Å². The molecular formula is C12H8ClN7. The first-order valence-electron chi connectivity index (χ1n) is 5.82. The highest BCUT2D eigenvalue weighted by atomic mass is 35.5. The first-order chi connectivity index (χ1) is 9.74. The number of fused-ring (bicyclic) bond motifs is 3. The molecule has 0 atom stereocenters. The van der Waals surface area contributed by atoms with Crippen LogP contribution in [0.3, 0.4) is 0 Å². The van der Waals surface area contributed by atoms with E-state index in [1.165, 1.54) is 0 Å². The van der Waals surface area contributed by atoms with Crippen molar-refractivity contribution in [2.45, 2.75) is 0 Å². The molecule has 1 aromatic carbocycles. The Morgan fingerprint density at radius 3 is 2.95 bits per heavy atom. The van der Waals surface area contributed by atoms with Crippen molar-refractivity contribution in [2.75, 3.05) is 5.73 Å². The van der Waals surface area contributed by atoms with Crippen LogP contribution in [0.5, 0.6) is 0 Å². The van der Waals surface area contributed by atoms with Crippen molar-refractivity contribution in [2.24, 2.45) is 0 Å². The molecule has 0 amide bonds. The van der Waals surface area contributed by atoms with E-state index in [-0.39, 0.29) is 0 Å². The third-order valence-corrected chi connectivity index (χ3v) is 3.38. The van der Waals surface area contributed by atoms with Crippen LogP contribution >= 0.6 is 11.6 Å². The fourth-order valence-electron chi connectivity index (χ4n) is 2.13. The molecule has 8 heteroatoms. The lowest BCUT2D eigenvalue weighted by Crippen LogP contribution is -1.93. The Kier molecular flexibility index (Phi) is 2.19. The molecule has 4 rings (SSSR count). The molecule has 7 nitrogen and oxygen atoms in total. The van der Waals surface area contributed by atoms with E-state index in [1.54, 1.807) is 29.2 Å². The molecule has 3 N–H and O–H groups in total. The van der Waals surface area contributed by atoms with Crippen molar-refractivity contribution in [3.8, 4) is 11.4 Å². The number of nitrogens with one attached hydrogen (secondary N) is 1. The molecule has 0 aliphatic rings. The molecule has 0 aliphatic heterocycles. The van der Waals surface area contributed by atoms with Gasteiger partial charge >= 0.3 is 0 Å². The van der Waals surface area contributed by atoms with Crippen LogP contribution in [0.25, 0.3) is 28.2 Å². The number of aromatic amines is 1. The number of nitrogens with zero attached hydrogens (tertiary/aromatic N) is 5. The van der Waals surface area contributed by atoms with E-state index in [9.17, 15) is 0 Å². The Morgan fingerprint density at radius 1 is 1.20 bits per heavy atom. The van der Waals surface area contributed by atoms with Gasteiger partial charge in [0.25, 0.3) is 0 Å². The number of hydrogen-bond acceptors (Lipinski definition) is 5. The highest BCUT2D eigenvalue weighted by molar-refractivity contribution is 6.33. The fraction of sp³-hybridized carbons (Fsp3) is 0. The summed E-state index contributed by atoms with van der Waals surface area (Å²) in [5, 5.41) is 8.87. The van der Waals surface area contributed by atoms with Crippen molar-refractivity contribution in [3.63, 3.8) is 0 Å². The quantitative estimate of drug-likeness (QED) is 0.521. The second-order valence-corrected chi connectivity index (χ2v) is 4.71. The van der Waals surface area contributed by atoms with E-state index >= 15 is 0 Å². The summed E-state index contributed by atoms with van der Waals surface area (Å²) in [6.45, 7) is 0. The van der Waals surface area contributed by atoms with E-state index in [0.717, 1.165) is 11.1 Å². The summed E-state index contributed by atoms with van der Waals surface area (Å²) >= 11 is 6.22. The zero-order valence-electron chi connectivity index (χ0n) is 10.1. The molecule has 98 valence electrons. The van der Waals surface area contributed by atoms with Crippen molar-refractivity contribution in [1.29, 1.82) is 0 Å². The number of rotatable bonds is 1. The van der Waals surface area contributed by atoms with Gasteiger partial charge in [0.2, 0.25) is 0 Å². The van der Waals surface area contributed by atoms with Gasteiger partial charge in [-0.3, -0.25) is 4.40 Å². The molecule has 0 bridgehead atoms. The largest absolute Gasteiger partial charge is 0.399 e. The Morgan fingerprint density at radius 2 is 2.10 bits per heavy atom. The topological polar surface area (TPSA) is 97.8 Å². The summed E-state index contributed by atoms with van der Waals surface area (Å²) < 4.78 is 1.76. The number of H-pyrrole nitrogens is 1. The molecule has 0 unspecified atom stereocenters. The zero-order chi connectivity index (χ0) is 13.7. The molecule has 0 saturated carbocycles. The van der Waals surface area contributed by atoms with Gasteiger partial charge < -0.3 is 10.7 Å². The molecule has 0 spiro atoms. The molecule has 0 saturated heterocycles. The molecule has 20 heavy (non-hydrogen) atoms. The Labute approximate surface area is 117 Å². The first-order valence-corrected chi connectivity index (χ1v) is 6.20. The molecule has 4 aromatic rings. The van der Waals surface area contributed by atoms with Crippen LogP contribution in [0.1, 0.15) is 0 Å². The van der Waals surface area contributed by atoms with Crippen LogP contribution in [0.2, 0.25) is 5.02 Å². The molecule has 0 radical (unpaired) electrons. The van der Waals surface area contributed by atoms with Crippen LogP contribution in [-0.2, 0) is 0 Å². The number of hydrogen-bond donors (Lipinski definition) is 2. The minimum absolute atomic E-state index is 0.518. The number of imidazole rings is 1. The maximum absolute atomic E-state index is 6.22. The first kappa shape index (κ1) is 11.2. The maximum atomic E-state index is 6.22. The maximum Gasteiger partial charge on any atom is 0.190 e. The van der Waals surface area contributed by atoms with Gasteiger partial charge in [0, 0.05) is 11.3 Å². The van der Waals surface area contributed by atoms with Crippen LogP contribution in [0, 0.1) is 0 Å². The van der Waals surface area contributed by atoms with E-state index < -0.39 is 0 Å². The highest BCUT2D eigenvalue weighted by Gasteiger charge is 2.14. The summed E-state index contributed by atoms with van der Waals surface area (Å²) in [4.78, 5) is 11.3. The van der Waals surface area contributed by atoms with Gasteiger partial charge in [-0.05, 0) is 18.2 Å². The van der Waals surface area contributed by atoms with E-state index in [0.29, 0.717) is 27.8 Å². The number of benzene rings is 1. The number of nitrogen functional groups attached to an aromatic ring is 1. The van der Waals surface area contributed by atoms with Crippen LogP contribution < -0.4 is 5.73 Å². The lowest BCUT2D eigenvalue weighted by Gasteiger charge is -2.03. The minimum Gasteiger partial charge on any atom is -0.399 e. The third kappa shape index (κ3) is 1.47. The average molecular weight is 286 g/mol. The summed E-state index contributed by atoms with van der Waals surface area (Å²) in [5.41, 5.74) is 9.02. The number of anilines is 1. The predicted octanol–water partition coefficient (Wildman–Crippen LogP) is 1.90. The summed E-state index contributed by atoms with van der Waals surface area (Å²) in [7, 11) is 0. The average Bonchev–Trinajstić information content (AvgIpc) is 3.03. The standard InChI is InChI=1S/C12H8ClN7/c13-8-3-6(14)1-2-7(8)11-18-19-12-9-10(16-4-15-9)17-5-20(11)12/h1-5H,14H2,(H,15,16). The zero-order valence-corrected chi connectivity index (χ0v) is 10.8. The second-order valence-electron chi connectivity index (χ2n) is 4.30. The van der Waals surface area contributed by atoms with Crippen LogP contribution in [-0.4, -0.2) is 29.5 Å². The van der Waals surface area contributed by atoms with E-state index in [4.69, 9.17) is 17.3 Å². The Balaban J connectivity index is 2.05. The SMILES string of the molecule is Nc1ccc(-c2nnc3c4[nH]cnc4ncn23)c(Cl)c1. The lowest BCUT2D eigenvalue weighted by molar-refractivity contribution is 1.09. The molecule has 3 heterocycles. The Hall–Kier alpha value is -2.67. The minimum atomic E-state index is 0.518. The van der Waals surface area contributed by atoms with E-state index in [2.05, 4.69) is 25.1 Å². The number of aromatic nitrogens is 6. The summed E-state index contributed by atoms with van der Waals surface area (Å²) in [6.07, 6.45) is 3.20. The number of halogens is 1. The highest BCUT2D eigenvalue weighted by Crippen LogP contribution is 2.29. The van der Waals surface area contributed by atoms with Crippen molar-refractivity contribution < 1.29 is 0 Å². The normalized spacial score (nSPS) is 11.4. The predicted molar refractivity (Wildman–Crippen MR) is 75.3 cm³/mol. The molecule has 3 aromatic heterocycles. The van der Waals surface area contributed by atoms with Crippen LogP contribution in [0.15, 0.2) is 30.9 Å². The third-order valence-electron chi connectivity index (χ3n) is 3.07. The molecular weight excluding hydrogens is 278 g/mol. The van der Waals surface area contributed by atoms with E-state index in [1.807, 2.05) is 6.07 Å². The van der Waals surface area contributed by atoms with Crippen molar-refractivity contribution in [1.82, 2.24) is 29.5 Å². The van der Waals surface area contributed by atoms with Gasteiger partial charge in [0.05, 0.1) is 11.3 Å². The van der Waals surface area contributed by atoms with Gasteiger partial charge in [-0.1, -0.05) is 11.6 Å². The van der Waals surface area contributed by atoms with Gasteiger partial charge in [-0.25, -0.2) is 9.97 Å². The summed E-state index contributed by atoms with van der Waals surface area (Å²) in [5.74, 6) is 0.606. The molecule has 0 fully saturated rings. The monoisotopic (exact) mass is 285 g/mol. The van der Waals surface area contributed by atoms with Gasteiger partial charge in [-0.15, -0.1) is 10.2 Å². The fourth-order valence-corrected chi connectivity index (χ4v) is 2.40.